The third-order valence-corrected chi connectivity index (χ3v) is 6.39. The molecule has 0 radical (unpaired) electrons. The summed E-state index contributed by atoms with van der Waals surface area (Å²) in [6, 6.07) is 22.9. The van der Waals surface area contributed by atoms with Gasteiger partial charge in [0, 0.05) is 38.6 Å². The normalized spacial score (nSPS) is 21.9. The van der Waals surface area contributed by atoms with Crippen molar-refractivity contribution in [3.63, 3.8) is 0 Å². The van der Waals surface area contributed by atoms with Gasteiger partial charge in [0.2, 0.25) is 0 Å². The highest BCUT2D eigenvalue weighted by Crippen LogP contribution is 2.35. The molecule has 3 aromatic rings. The summed E-state index contributed by atoms with van der Waals surface area (Å²) in [4.78, 5) is 17.4. The molecule has 4 heteroatoms. The molecular formula is C25H26N2O2. The zero-order valence-electron chi connectivity index (χ0n) is 16.5. The minimum absolute atomic E-state index is 0.00224. The molecule has 2 aromatic carbocycles. The number of amides is 1. The lowest BCUT2D eigenvalue weighted by Gasteiger charge is -2.32. The molecular weight excluding hydrogens is 360 g/mol. The molecule has 2 aliphatic heterocycles. The van der Waals surface area contributed by atoms with Gasteiger partial charge in [0.25, 0.3) is 5.91 Å². The van der Waals surface area contributed by atoms with E-state index in [0.29, 0.717) is 17.6 Å². The third kappa shape index (κ3) is 3.73. The average molecular weight is 386 g/mol. The van der Waals surface area contributed by atoms with E-state index < -0.39 is 0 Å². The lowest BCUT2D eigenvalue weighted by Crippen LogP contribution is -2.37. The zero-order chi connectivity index (χ0) is 19.6. The zero-order valence-corrected chi connectivity index (χ0v) is 16.5. The maximum Gasteiger partial charge on any atom is 0.289 e. The van der Waals surface area contributed by atoms with Gasteiger partial charge in [-0.25, -0.2) is 0 Å². The molecule has 1 saturated heterocycles. The monoisotopic (exact) mass is 386 g/mol. The first-order valence-corrected chi connectivity index (χ1v) is 10.4. The number of furan rings is 1. The van der Waals surface area contributed by atoms with Gasteiger partial charge in [-0.15, -0.1) is 0 Å². The van der Waals surface area contributed by atoms with Crippen LogP contribution in [0.1, 0.15) is 33.2 Å². The van der Waals surface area contributed by atoms with E-state index in [0.717, 1.165) is 39.1 Å². The fourth-order valence-corrected chi connectivity index (χ4v) is 4.90. The van der Waals surface area contributed by atoms with Gasteiger partial charge < -0.3 is 9.32 Å². The van der Waals surface area contributed by atoms with Crippen molar-refractivity contribution < 1.29 is 9.21 Å². The third-order valence-electron chi connectivity index (χ3n) is 6.39. The highest BCUT2D eigenvalue weighted by atomic mass is 16.3. The largest absolute Gasteiger partial charge is 0.459 e. The summed E-state index contributed by atoms with van der Waals surface area (Å²) in [6.45, 7) is 4.62. The summed E-state index contributed by atoms with van der Waals surface area (Å²) in [6.07, 6.45) is 2.68. The Kier molecular flexibility index (Phi) is 4.94. The molecule has 1 aromatic heterocycles. The Balaban J connectivity index is 1.35. The molecule has 148 valence electrons. The molecule has 4 nitrogen and oxygen atoms in total. The van der Waals surface area contributed by atoms with Crippen molar-refractivity contribution in [2.75, 3.05) is 26.2 Å². The van der Waals surface area contributed by atoms with E-state index >= 15 is 0 Å². The highest BCUT2D eigenvalue weighted by molar-refractivity contribution is 5.91. The molecule has 5 rings (SSSR count). The van der Waals surface area contributed by atoms with Crippen LogP contribution in [0.5, 0.6) is 0 Å². The lowest BCUT2D eigenvalue weighted by molar-refractivity contribution is 0.0750. The molecule has 2 unspecified atom stereocenters. The number of carbonyl (C=O) groups excluding carboxylic acids is 1. The lowest BCUT2D eigenvalue weighted by atomic mass is 9.88. The van der Waals surface area contributed by atoms with Crippen LogP contribution in [-0.2, 0) is 13.0 Å². The van der Waals surface area contributed by atoms with Gasteiger partial charge in [0.15, 0.2) is 5.76 Å². The van der Waals surface area contributed by atoms with Crippen LogP contribution >= 0.6 is 0 Å². The first kappa shape index (κ1) is 18.2. The van der Waals surface area contributed by atoms with Gasteiger partial charge in [-0.3, -0.25) is 9.69 Å². The van der Waals surface area contributed by atoms with Crippen molar-refractivity contribution in [2.24, 2.45) is 5.92 Å². The topological polar surface area (TPSA) is 36.7 Å². The standard InChI is InChI=1S/C25H26N2O2/c28-25(24-11-6-14-29-24)27-17-22(23(18-27)20-8-2-1-3-9-20)16-26-13-12-19-7-4-5-10-21(19)15-26/h1-11,14,22-23H,12-13,15-18H2. The van der Waals surface area contributed by atoms with Crippen LogP contribution in [0.4, 0.5) is 0 Å². The van der Waals surface area contributed by atoms with Gasteiger partial charge in [-0.05, 0) is 41.2 Å². The van der Waals surface area contributed by atoms with Gasteiger partial charge >= 0.3 is 0 Å². The van der Waals surface area contributed by atoms with E-state index in [1.165, 1.54) is 16.7 Å². The molecule has 2 atom stereocenters. The SMILES string of the molecule is O=C(c1ccco1)N1CC(CN2CCc3ccccc3C2)C(c2ccccc2)C1. The van der Waals surface area contributed by atoms with E-state index in [4.69, 9.17) is 4.42 Å². The van der Waals surface area contributed by atoms with Crippen LogP contribution in [0.3, 0.4) is 0 Å². The first-order chi connectivity index (χ1) is 14.3. The summed E-state index contributed by atoms with van der Waals surface area (Å²) >= 11 is 0. The molecule has 1 fully saturated rings. The number of fused-ring (bicyclic) bond motifs is 1. The van der Waals surface area contributed by atoms with Crippen molar-refractivity contribution in [1.29, 1.82) is 0 Å². The second kappa shape index (κ2) is 7.88. The van der Waals surface area contributed by atoms with Crippen molar-refractivity contribution in [1.82, 2.24) is 9.80 Å². The molecule has 0 N–H and O–H groups in total. The van der Waals surface area contributed by atoms with Gasteiger partial charge in [0.1, 0.15) is 0 Å². The predicted octanol–water partition coefficient (Wildman–Crippen LogP) is 4.19. The molecule has 0 aliphatic carbocycles. The average Bonchev–Trinajstić information content (AvgIpc) is 3.44. The second-order valence-corrected chi connectivity index (χ2v) is 8.22. The Hall–Kier alpha value is -2.85. The highest BCUT2D eigenvalue weighted by Gasteiger charge is 2.38. The van der Waals surface area contributed by atoms with Gasteiger partial charge in [0.05, 0.1) is 6.26 Å². The summed E-state index contributed by atoms with van der Waals surface area (Å²) < 4.78 is 5.37. The Bertz CT molecular complexity index is 968. The fraction of sp³-hybridized carbons (Fsp3) is 0.320. The molecule has 0 bridgehead atoms. The number of rotatable bonds is 4. The quantitative estimate of drug-likeness (QED) is 0.675. The number of likely N-dealkylation sites (tertiary alicyclic amines) is 1. The summed E-state index contributed by atoms with van der Waals surface area (Å²) in [5.74, 6) is 1.21. The molecule has 29 heavy (non-hydrogen) atoms. The smallest absolute Gasteiger partial charge is 0.289 e. The Morgan fingerprint density at radius 1 is 0.931 bits per heavy atom. The minimum Gasteiger partial charge on any atom is -0.459 e. The number of carbonyl (C=O) groups is 1. The number of hydrogen-bond donors (Lipinski definition) is 0. The van der Waals surface area contributed by atoms with E-state index in [-0.39, 0.29) is 5.91 Å². The maximum absolute atomic E-state index is 12.9. The van der Waals surface area contributed by atoms with Crippen LogP contribution in [0, 0.1) is 5.92 Å². The second-order valence-electron chi connectivity index (χ2n) is 8.22. The van der Waals surface area contributed by atoms with Gasteiger partial charge in [-0.1, -0.05) is 54.6 Å². The number of hydrogen-bond acceptors (Lipinski definition) is 3. The predicted molar refractivity (Wildman–Crippen MR) is 113 cm³/mol. The van der Waals surface area contributed by atoms with E-state index in [9.17, 15) is 4.79 Å². The molecule has 2 aliphatic rings. The van der Waals surface area contributed by atoms with Crippen molar-refractivity contribution in [3.05, 3.63) is 95.4 Å². The van der Waals surface area contributed by atoms with Crippen LogP contribution in [0.2, 0.25) is 0 Å². The Labute approximate surface area is 171 Å². The van der Waals surface area contributed by atoms with Crippen LogP contribution in [-0.4, -0.2) is 41.9 Å². The Morgan fingerprint density at radius 2 is 1.72 bits per heavy atom. The first-order valence-electron chi connectivity index (χ1n) is 10.4. The van der Waals surface area contributed by atoms with Crippen molar-refractivity contribution in [2.45, 2.75) is 18.9 Å². The van der Waals surface area contributed by atoms with Crippen LogP contribution in [0.25, 0.3) is 0 Å². The van der Waals surface area contributed by atoms with Crippen LogP contribution < -0.4 is 0 Å². The maximum atomic E-state index is 12.9. The van der Waals surface area contributed by atoms with E-state index in [1.54, 1.807) is 18.4 Å². The van der Waals surface area contributed by atoms with Crippen molar-refractivity contribution >= 4 is 5.91 Å². The number of nitrogens with zero attached hydrogens (tertiary/aromatic N) is 2. The summed E-state index contributed by atoms with van der Waals surface area (Å²) in [5.41, 5.74) is 4.24. The van der Waals surface area contributed by atoms with E-state index in [2.05, 4.69) is 59.5 Å². The molecule has 0 spiro atoms. The summed E-state index contributed by atoms with van der Waals surface area (Å²) in [5, 5.41) is 0. The molecule has 3 heterocycles. The van der Waals surface area contributed by atoms with Gasteiger partial charge in [-0.2, -0.15) is 0 Å². The Morgan fingerprint density at radius 3 is 2.52 bits per heavy atom. The molecule has 0 saturated carbocycles. The summed E-state index contributed by atoms with van der Waals surface area (Å²) in [7, 11) is 0. The van der Waals surface area contributed by atoms with Crippen molar-refractivity contribution in [3.8, 4) is 0 Å². The van der Waals surface area contributed by atoms with E-state index in [1.807, 2.05) is 4.90 Å². The van der Waals surface area contributed by atoms with Crippen LogP contribution in [0.15, 0.2) is 77.4 Å². The minimum atomic E-state index is 0.00224. The fourth-order valence-electron chi connectivity index (χ4n) is 4.90. The number of benzene rings is 2. The molecule has 1 amide bonds.